The van der Waals surface area contributed by atoms with Gasteiger partial charge in [-0.15, -0.1) is 11.3 Å². The Balaban J connectivity index is 2.26. The zero-order valence-corrected chi connectivity index (χ0v) is 16.3. The Bertz CT molecular complexity index is 799. The Morgan fingerprint density at radius 1 is 1.29 bits per heavy atom. The maximum atomic E-state index is 12.5. The van der Waals surface area contributed by atoms with Gasteiger partial charge >= 0.3 is 0 Å². The Morgan fingerprint density at radius 3 is 2.50 bits per heavy atom. The normalized spacial score (nSPS) is 10.8. The molecule has 0 fully saturated rings. The second-order valence-corrected chi connectivity index (χ2v) is 7.70. The van der Waals surface area contributed by atoms with E-state index in [0.717, 1.165) is 10.4 Å². The minimum absolute atomic E-state index is 0.0381. The van der Waals surface area contributed by atoms with E-state index >= 15 is 0 Å². The van der Waals surface area contributed by atoms with Crippen molar-refractivity contribution < 1.29 is 14.3 Å². The number of nitrogens with two attached hydrogens (primary N) is 1. The van der Waals surface area contributed by atoms with Gasteiger partial charge < -0.3 is 15.8 Å². The molecular weight excluding hydrogens is 392 g/mol. The van der Waals surface area contributed by atoms with Gasteiger partial charge in [-0.25, -0.2) is 0 Å². The number of halogens is 1. The van der Waals surface area contributed by atoms with Crippen molar-refractivity contribution in [1.29, 1.82) is 0 Å². The molecule has 0 bridgehead atoms. The lowest BCUT2D eigenvalue weighted by molar-refractivity contribution is 0.100. The number of primary amides is 1. The monoisotopic (exact) mass is 410 g/mol. The molecular formula is C17H19BrN2O3S. The van der Waals surface area contributed by atoms with E-state index in [4.69, 9.17) is 10.5 Å². The fourth-order valence-electron chi connectivity index (χ4n) is 2.18. The summed E-state index contributed by atoms with van der Waals surface area (Å²) in [7, 11) is 0. The topological polar surface area (TPSA) is 81.4 Å². The van der Waals surface area contributed by atoms with Crippen LogP contribution in [0, 0.1) is 13.8 Å². The summed E-state index contributed by atoms with van der Waals surface area (Å²) in [4.78, 5) is 25.1. The number of carbonyl (C=O) groups excluding carboxylic acids is 2. The van der Waals surface area contributed by atoms with Gasteiger partial charge in [-0.3, -0.25) is 9.59 Å². The van der Waals surface area contributed by atoms with Crippen LogP contribution in [0.25, 0.3) is 0 Å². The molecule has 2 rings (SSSR count). The number of anilines is 1. The average Bonchev–Trinajstić information content (AvgIpc) is 2.75. The predicted octanol–water partition coefficient (Wildman–Crippen LogP) is 4.27. The molecule has 1 heterocycles. The number of ether oxygens (including phenoxy) is 1. The molecule has 0 atom stereocenters. The number of hydrogen-bond acceptors (Lipinski definition) is 4. The van der Waals surface area contributed by atoms with E-state index in [9.17, 15) is 9.59 Å². The van der Waals surface area contributed by atoms with Crippen LogP contribution in [0.5, 0.6) is 5.75 Å². The summed E-state index contributed by atoms with van der Waals surface area (Å²) in [5, 5.41) is 3.25. The molecule has 0 unspecified atom stereocenters. The third-order valence-electron chi connectivity index (χ3n) is 3.42. The van der Waals surface area contributed by atoms with Crippen molar-refractivity contribution in [1.82, 2.24) is 0 Å². The fourth-order valence-corrected chi connectivity index (χ4v) is 3.71. The first kappa shape index (κ1) is 18.5. The SMILES string of the molecule is Cc1sc(NC(=O)c2ccc(OC(C)C)c(Br)c2)c(C(N)=O)c1C. The predicted molar refractivity (Wildman–Crippen MR) is 100 cm³/mol. The van der Waals surface area contributed by atoms with Crippen LogP contribution in [0.1, 0.15) is 45.0 Å². The summed E-state index contributed by atoms with van der Waals surface area (Å²) >= 11 is 4.75. The summed E-state index contributed by atoms with van der Waals surface area (Å²) in [5.74, 6) is -0.188. The van der Waals surface area contributed by atoms with E-state index in [0.29, 0.717) is 26.4 Å². The lowest BCUT2D eigenvalue weighted by Gasteiger charge is -2.12. The third kappa shape index (κ3) is 3.96. The van der Waals surface area contributed by atoms with Crippen LogP contribution in [0.15, 0.2) is 22.7 Å². The van der Waals surface area contributed by atoms with Gasteiger partial charge in [0.2, 0.25) is 0 Å². The number of hydrogen-bond donors (Lipinski definition) is 2. The molecule has 2 amide bonds. The summed E-state index contributed by atoms with van der Waals surface area (Å²) < 4.78 is 6.32. The van der Waals surface area contributed by atoms with Gasteiger partial charge in [-0.05, 0) is 67.4 Å². The fraction of sp³-hybridized carbons (Fsp3) is 0.294. The first-order valence-corrected chi connectivity index (χ1v) is 8.99. The molecule has 24 heavy (non-hydrogen) atoms. The summed E-state index contributed by atoms with van der Waals surface area (Å²) in [6, 6.07) is 5.10. The highest BCUT2D eigenvalue weighted by atomic mass is 79.9. The maximum absolute atomic E-state index is 12.5. The number of aryl methyl sites for hydroxylation is 1. The third-order valence-corrected chi connectivity index (χ3v) is 5.16. The minimum Gasteiger partial charge on any atom is -0.490 e. The maximum Gasteiger partial charge on any atom is 0.256 e. The molecule has 0 aliphatic rings. The zero-order valence-electron chi connectivity index (χ0n) is 13.9. The highest BCUT2D eigenvalue weighted by Crippen LogP contribution is 2.33. The van der Waals surface area contributed by atoms with Gasteiger partial charge in [-0.1, -0.05) is 0 Å². The van der Waals surface area contributed by atoms with Crippen molar-refractivity contribution in [2.24, 2.45) is 5.73 Å². The first-order valence-electron chi connectivity index (χ1n) is 7.38. The summed E-state index contributed by atoms with van der Waals surface area (Å²) in [6.07, 6.45) is 0.0381. The molecule has 5 nitrogen and oxygen atoms in total. The van der Waals surface area contributed by atoms with Crippen LogP contribution in [0.3, 0.4) is 0 Å². The van der Waals surface area contributed by atoms with Gasteiger partial charge in [0, 0.05) is 10.4 Å². The molecule has 0 saturated heterocycles. The molecule has 1 aromatic carbocycles. The van der Waals surface area contributed by atoms with Crippen molar-refractivity contribution in [3.8, 4) is 5.75 Å². The largest absolute Gasteiger partial charge is 0.490 e. The second-order valence-electron chi connectivity index (χ2n) is 5.62. The van der Waals surface area contributed by atoms with E-state index < -0.39 is 5.91 Å². The van der Waals surface area contributed by atoms with E-state index in [2.05, 4.69) is 21.2 Å². The van der Waals surface area contributed by atoms with Gasteiger partial charge in [0.15, 0.2) is 0 Å². The molecule has 3 N–H and O–H groups in total. The Labute approximate surface area is 153 Å². The molecule has 2 aromatic rings. The van der Waals surface area contributed by atoms with Gasteiger partial charge in [0.25, 0.3) is 11.8 Å². The molecule has 0 aliphatic heterocycles. The van der Waals surface area contributed by atoms with Crippen LogP contribution >= 0.6 is 27.3 Å². The van der Waals surface area contributed by atoms with Crippen LogP contribution < -0.4 is 15.8 Å². The minimum atomic E-state index is -0.547. The zero-order chi connectivity index (χ0) is 18.0. The van der Waals surface area contributed by atoms with Crippen molar-refractivity contribution in [3.05, 3.63) is 44.2 Å². The average molecular weight is 411 g/mol. The molecule has 0 spiro atoms. The Morgan fingerprint density at radius 2 is 1.96 bits per heavy atom. The van der Waals surface area contributed by atoms with E-state index in [1.165, 1.54) is 11.3 Å². The lowest BCUT2D eigenvalue weighted by Crippen LogP contribution is -2.17. The van der Waals surface area contributed by atoms with Crippen LogP contribution in [-0.2, 0) is 0 Å². The number of nitrogens with one attached hydrogen (secondary N) is 1. The molecule has 0 aliphatic carbocycles. The van der Waals surface area contributed by atoms with E-state index in [-0.39, 0.29) is 12.0 Å². The molecule has 128 valence electrons. The molecule has 0 saturated carbocycles. The number of benzene rings is 1. The van der Waals surface area contributed by atoms with Crippen molar-refractivity contribution in [2.75, 3.05) is 5.32 Å². The smallest absolute Gasteiger partial charge is 0.256 e. The van der Waals surface area contributed by atoms with Crippen LogP contribution in [0.4, 0.5) is 5.00 Å². The number of carbonyl (C=O) groups is 2. The standard InChI is InChI=1S/C17H19BrN2O3S/c1-8(2)23-13-6-5-11(7-12(13)18)16(22)20-17-14(15(19)21)9(3)10(4)24-17/h5-8H,1-4H3,(H2,19,21)(H,20,22). The molecule has 7 heteroatoms. The van der Waals surface area contributed by atoms with Gasteiger partial charge in [0.1, 0.15) is 10.8 Å². The highest BCUT2D eigenvalue weighted by molar-refractivity contribution is 9.10. The highest BCUT2D eigenvalue weighted by Gasteiger charge is 2.20. The summed E-state index contributed by atoms with van der Waals surface area (Å²) in [6.45, 7) is 7.56. The van der Waals surface area contributed by atoms with Crippen LogP contribution in [-0.4, -0.2) is 17.9 Å². The van der Waals surface area contributed by atoms with E-state index in [1.54, 1.807) is 18.2 Å². The number of rotatable bonds is 5. The van der Waals surface area contributed by atoms with Crippen molar-refractivity contribution in [3.63, 3.8) is 0 Å². The van der Waals surface area contributed by atoms with Crippen molar-refractivity contribution in [2.45, 2.75) is 33.8 Å². The molecule has 0 radical (unpaired) electrons. The van der Waals surface area contributed by atoms with Crippen molar-refractivity contribution >= 4 is 44.1 Å². The van der Waals surface area contributed by atoms with E-state index in [1.807, 2.05) is 27.7 Å². The lowest BCUT2D eigenvalue weighted by atomic mass is 10.1. The number of thiophene rings is 1. The summed E-state index contributed by atoms with van der Waals surface area (Å²) in [5.41, 5.74) is 7.04. The van der Waals surface area contributed by atoms with Gasteiger partial charge in [-0.2, -0.15) is 0 Å². The first-order chi connectivity index (χ1) is 11.2. The number of amides is 2. The quantitative estimate of drug-likeness (QED) is 0.771. The Hall–Kier alpha value is -1.86. The van der Waals surface area contributed by atoms with Crippen LogP contribution in [0.2, 0.25) is 0 Å². The Kier molecular flexibility index (Phi) is 5.66. The second kappa shape index (κ2) is 7.36. The van der Waals surface area contributed by atoms with Gasteiger partial charge in [0.05, 0.1) is 16.1 Å². The molecule has 1 aromatic heterocycles.